The normalized spacial score (nSPS) is 16.8. The van der Waals surface area contributed by atoms with Gasteiger partial charge in [0.1, 0.15) is 11.6 Å². The highest BCUT2D eigenvalue weighted by atomic mass is 32.2. The maximum absolute atomic E-state index is 12.9. The van der Waals surface area contributed by atoms with Crippen LogP contribution in [0.3, 0.4) is 0 Å². The van der Waals surface area contributed by atoms with E-state index >= 15 is 0 Å². The Hall–Kier alpha value is -3.05. The molecule has 6 nitrogen and oxygen atoms in total. The van der Waals surface area contributed by atoms with E-state index in [9.17, 15) is 19.2 Å². The van der Waals surface area contributed by atoms with Gasteiger partial charge in [0.2, 0.25) is 11.8 Å². The van der Waals surface area contributed by atoms with Gasteiger partial charge < -0.3 is 15.1 Å². The number of nitrogens with one attached hydrogen (secondary N) is 2. The third-order valence-corrected chi connectivity index (χ3v) is 4.74. The summed E-state index contributed by atoms with van der Waals surface area (Å²) in [7, 11) is 0. The SMILES string of the molecule is N#CC1=C(SCC(=O)Nc2ccc(F)cc2)NC(=O)C[C@H]1c1ccco1. The Bertz CT molecular complexity index is 885. The number of thioether (sulfide) groups is 1. The van der Waals surface area contributed by atoms with E-state index in [0.29, 0.717) is 22.0 Å². The highest BCUT2D eigenvalue weighted by molar-refractivity contribution is 8.03. The van der Waals surface area contributed by atoms with Gasteiger partial charge in [0.05, 0.1) is 34.6 Å². The minimum absolute atomic E-state index is 0.0109. The first-order valence-corrected chi connectivity index (χ1v) is 8.71. The van der Waals surface area contributed by atoms with E-state index in [1.807, 2.05) is 0 Å². The van der Waals surface area contributed by atoms with Crippen LogP contribution in [0.15, 0.2) is 57.7 Å². The van der Waals surface area contributed by atoms with Crippen molar-refractivity contribution in [2.45, 2.75) is 12.3 Å². The molecule has 0 radical (unpaired) electrons. The first-order valence-electron chi connectivity index (χ1n) is 7.72. The number of anilines is 1. The van der Waals surface area contributed by atoms with Crippen molar-refractivity contribution in [3.8, 4) is 6.07 Å². The van der Waals surface area contributed by atoms with E-state index in [1.165, 1.54) is 30.5 Å². The number of furan rings is 1. The Morgan fingerprint density at radius 3 is 2.81 bits per heavy atom. The highest BCUT2D eigenvalue weighted by Gasteiger charge is 2.31. The third-order valence-electron chi connectivity index (χ3n) is 3.72. The van der Waals surface area contributed by atoms with Gasteiger partial charge in [0, 0.05) is 12.1 Å². The van der Waals surface area contributed by atoms with Gasteiger partial charge in [-0.1, -0.05) is 11.8 Å². The van der Waals surface area contributed by atoms with Crippen molar-refractivity contribution in [2.24, 2.45) is 0 Å². The van der Waals surface area contributed by atoms with E-state index in [-0.39, 0.29) is 24.0 Å². The summed E-state index contributed by atoms with van der Waals surface area (Å²) < 4.78 is 18.2. The summed E-state index contributed by atoms with van der Waals surface area (Å²) in [5, 5.41) is 15.1. The van der Waals surface area contributed by atoms with Crippen molar-refractivity contribution < 1.29 is 18.4 Å². The maximum atomic E-state index is 12.9. The molecule has 1 aromatic carbocycles. The fraction of sp³-hybridized carbons (Fsp3) is 0.167. The van der Waals surface area contributed by atoms with Crippen molar-refractivity contribution in [1.29, 1.82) is 5.26 Å². The summed E-state index contributed by atoms with van der Waals surface area (Å²) >= 11 is 1.06. The van der Waals surface area contributed by atoms with Crippen LogP contribution in [0.4, 0.5) is 10.1 Å². The molecule has 0 fully saturated rings. The van der Waals surface area contributed by atoms with Crippen LogP contribution in [0.25, 0.3) is 0 Å². The van der Waals surface area contributed by atoms with Gasteiger partial charge in [-0.2, -0.15) is 5.26 Å². The van der Waals surface area contributed by atoms with Crippen molar-refractivity contribution in [3.05, 3.63) is 64.8 Å². The number of allylic oxidation sites excluding steroid dienone is 1. The van der Waals surface area contributed by atoms with Crippen molar-refractivity contribution in [1.82, 2.24) is 5.32 Å². The minimum atomic E-state index is -0.466. The van der Waals surface area contributed by atoms with E-state index in [1.54, 1.807) is 12.1 Å². The number of nitriles is 1. The zero-order valence-corrected chi connectivity index (χ0v) is 14.3. The second kappa shape index (κ2) is 7.89. The second-order valence-electron chi connectivity index (χ2n) is 5.52. The number of benzene rings is 1. The Morgan fingerprint density at radius 1 is 1.38 bits per heavy atom. The Morgan fingerprint density at radius 2 is 2.15 bits per heavy atom. The van der Waals surface area contributed by atoms with Gasteiger partial charge in [0.25, 0.3) is 0 Å². The minimum Gasteiger partial charge on any atom is -0.469 e. The molecular weight excluding hydrogens is 357 g/mol. The molecule has 1 aliphatic heterocycles. The smallest absolute Gasteiger partial charge is 0.234 e. The number of nitrogens with zero attached hydrogens (tertiary/aromatic N) is 1. The lowest BCUT2D eigenvalue weighted by atomic mass is 9.92. The van der Waals surface area contributed by atoms with Crippen LogP contribution in [-0.2, 0) is 9.59 Å². The number of hydrogen-bond donors (Lipinski definition) is 2. The number of hydrogen-bond acceptors (Lipinski definition) is 5. The third kappa shape index (κ3) is 4.13. The molecule has 2 N–H and O–H groups in total. The first kappa shape index (κ1) is 17.8. The highest BCUT2D eigenvalue weighted by Crippen LogP contribution is 2.36. The lowest BCUT2D eigenvalue weighted by Gasteiger charge is -2.23. The quantitative estimate of drug-likeness (QED) is 0.842. The van der Waals surface area contributed by atoms with Gasteiger partial charge in [-0.25, -0.2) is 4.39 Å². The van der Waals surface area contributed by atoms with Crippen LogP contribution in [0.5, 0.6) is 0 Å². The molecule has 132 valence electrons. The summed E-state index contributed by atoms with van der Waals surface area (Å²) in [5.74, 6) is -0.914. The maximum Gasteiger partial charge on any atom is 0.234 e. The largest absolute Gasteiger partial charge is 0.469 e. The zero-order chi connectivity index (χ0) is 18.5. The van der Waals surface area contributed by atoms with Crippen LogP contribution in [0.1, 0.15) is 18.1 Å². The molecule has 0 aliphatic carbocycles. The Kier molecular flexibility index (Phi) is 5.39. The molecule has 0 spiro atoms. The van der Waals surface area contributed by atoms with Gasteiger partial charge in [0.15, 0.2) is 0 Å². The van der Waals surface area contributed by atoms with E-state index in [4.69, 9.17) is 4.42 Å². The fourth-order valence-electron chi connectivity index (χ4n) is 2.53. The second-order valence-corrected chi connectivity index (χ2v) is 6.50. The summed E-state index contributed by atoms with van der Waals surface area (Å²) in [4.78, 5) is 24.0. The molecule has 2 aromatic rings. The fourth-order valence-corrected chi connectivity index (χ4v) is 3.41. The number of amides is 2. The van der Waals surface area contributed by atoms with Crippen LogP contribution >= 0.6 is 11.8 Å². The molecule has 0 unspecified atom stereocenters. The molecule has 0 saturated carbocycles. The van der Waals surface area contributed by atoms with Crippen LogP contribution < -0.4 is 10.6 Å². The van der Waals surface area contributed by atoms with E-state index in [0.717, 1.165) is 11.8 Å². The molecule has 2 heterocycles. The average molecular weight is 371 g/mol. The number of rotatable bonds is 5. The summed E-state index contributed by atoms with van der Waals surface area (Å²) in [6.07, 6.45) is 1.60. The van der Waals surface area contributed by atoms with Gasteiger partial charge in [-0.3, -0.25) is 9.59 Å². The van der Waals surface area contributed by atoms with Crippen molar-refractivity contribution in [3.63, 3.8) is 0 Å². The molecular formula is C18H14FN3O3S. The molecule has 1 atom stereocenters. The molecule has 1 aromatic heterocycles. The molecule has 8 heteroatoms. The van der Waals surface area contributed by atoms with Crippen LogP contribution in [0, 0.1) is 17.1 Å². The molecule has 1 aliphatic rings. The van der Waals surface area contributed by atoms with Gasteiger partial charge >= 0.3 is 0 Å². The number of halogens is 1. The predicted octanol–water partition coefficient (Wildman–Crippen LogP) is 3.13. The summed E-state index contributed by atoms with van der Waals surface area (Å²) in [5.41, 5.74) is 0.826. The summed E-state index contributed by atoms with van der Waals surface area (Å²) in [6, 6.07) is 10.9. The van der Waals surface area contributed by atoms with Crippen molar-refractivity contribution in [2.75, 3.05) is 11.1 Å². The molecule has 0 saturated heterocycles. The van der Waals surface area contributed by atoms with Crippen LogP contribution in [-0.4, -0.2) is 17.6 Å². The standard InChI is InChI=1S/C18H14FN3O3S/c19-11-3-5-12(6-4-11)21-17(24)10-26-18-14(9-20)13(8-16(23)22-18)15-2-1-7-25-15/h1-7,13H,8,10H2,(H,21,24)(H,22,23)/t13-/m1/s1. The Balaban J connectivity index is 1.70. The molecule has 0 bridgehead atoms. The lowest BCUT2D eigenvalue weighted by Crippen LogP contribution is -2.31. The molecule has 3 rings (SSSR count). The topological polar surface area (TPSA) is 95.1 Å². The number of carbonyl (C=O) groups excluding carboxylic acids is 2. The predicted molar refractivity (Wildman–Crippen MR) is 94.3 cm³/mol. The first-order chi connectivity index (χ1) is 12.6. The molecule has 2 amide bonds. The van der Waals surface area contributed by atoms with Crippen LogP contribution in [0.2, 0.25) is 0 Å². The summed E-state index contributed by atoms with van der Waals surface area (Å²) in [6.45, 7) is 0. The Labute approximate surface area is 153 Å². The molecule has 26 heavy (non-hydrogen) atoms. The van der Waals surface area contributed by atoms with E-state index < -0.39 is 11.7 Å². The van der Waals surface area contributed by atoms with Gasteiger partial charge in [-0.05, 0) is 36.4 Å². The zero-order valence-electron chi connectivity index (χ0n) is 13.5. The lowest BCUT2D eigenvalue weighted by molar-refractivity contribution is -0.121. The average Bonchev–Trinajstić information content (AvgIpc) is 3.16. The van der Waals surface area contributed by atoms with E-state index in [2.05, 4.69) is 16.7 Å². The monoisotopic (exact) mass is 371 g/mol. The number of carbonyl (C=O) groups is 2. The van der Waals surface area contributed by atoms with Gasteiger partial charge in [-0.15, -0.1) is 0 Å². The van der Waals surface area contributed by atoms with Crippen molar-refractivity contribution >= 4 is 29.3 Å².